The molecule has 1 aromatic rings. The summed E-state index contributed by atoms with van der Waals surface area (Å²) in [5, 5.41) is 2.62. The first kappa shape index (κ1) is 19.2. The number of nitrogens with one attached hydrogen (secondary N) is 1. The van der Waals surface area contributed by atoms with Crippen molar-refractivity contribution in [1.82, 2.24) is 15.2 Å². The van der Waals surface area contributed by atoms with Crippen LogP contribution in [0.5, 0.6) is 0 Å². The SMILES string of the molecule is CNC(=O)c1ccc(N2CCC(N3CCCC(C(C)(C)C)C3)CC2)cn1. The highest BCUT2D eigenvalue weighted by Gasteiger charge is 2.33. The summed E-state index contributed by atoms with van der Waals surface area (Å²) < 4.78 is 0. The Morgan fingerprint density at radius 3 is 2.46 bits per heavy atom. The Morgan fingerprint density at radius 2 is 1.88 bits per heavy atom. The van der Waals surface area contributed by atoms with Gasteiger partial charge in [-0.05, 0) is 55.7 Å². The van der Waals surface area contributed by atoms with E-state index < -0.39 is 0 Å². The van der Waals surface area contributed by atoms with Crippen LogP contribution in [0.2, 0.25) is 0 Å². The lowest BCUT2D eigenvalue weighted by molar-refractivity contribution is 0.0593. The van der Waals surface area contributed by atoms with Crippen molar-refractivity contribution in [3.63, 3.8) is 0 Å². The second-order valence-electron chi connectivity index (χ2n) is 8.90. The first-order chi connectivity index (χ1) is 12.4. The van der Waals surface area contributed by atoms with E-state index in [1.165, 1.54) is 38.8 Å². The Labute approximate surface area is 158 Å². The van der Waals surface area contributed by atoms with Crippen LogP contribution in [0.4, 0.5) is 5.69 Å². The minimum atomic E-state index is -0.131. The first-order valence-electron chi connectivity index (χ1n) is 10.1. The van der Waals surface area contributed by atoms with Gasteiger partial charge >= 0.3 is 0 Å². The van der Waals surface area contributed by atoms with Gasteiger partial charge in [-0.1, -0.05) is 20.8 Å². The number of carbonyl (C=O) groups is 1. The normalized spacial score (nSPS) is 23.1. The minimum absolute atomic E-state index is 0.131. The summed E-state index contributed by atoms with van der Waals surface area (Å²) in [6.45, 7) is 11.8. The Kier molecular flexibility index (Phi) is 5.86. The van der Waals surface area contributed by atoms with Crippen molar-refractivity contribution in [2.45, 2.75) is 52.5 Å². The number of hydrogen-bond acceptors (Lipinski definition) is 4. The summed E-state index contributed by atoms with van der Waals surface area (Å²) in [4.78, 5) is 21.1. The largest absolute Gasteiger partial charge is 0.370 e. The summed E-state index contributed by atoms with van der Waals surface area (Å²) in [5.74, 6) is 0.685. The van der Waals surface area contributed by atoms with E-state index in [0.717, 1.165) is 30.7 Å². The van der Waals surface area contributed by atoms with Crippen LogP contribution in [0.25, 0.3) is 0 Å². The molecule has 1 unspecified atom stereocenters. The Hall–Kier alpha value is -1.62. The zero-order valence-corrected chi connectivity index (χ0v) is 16.8. The molecule has 0 aromatic carbocycles. The maximum atomic E-state index is 11.6. The number of likely N-dealkylation sites (tertiary alicyclic amines) is 1. The molecule has 2 saturated heterocycles. The molecule has 1 N–H and O–H groups in total. The van der Waals surface area contributed by atoms with E-state index in [9.17, 15) is 4.79 Å². The molecule has 0 radical (unpaired) electrons. The summed E-state index contributed by atoms with van der Waals surface area (Å²) in [6.07, 6.45) is 6.98. The van der Waals surface area contributed by atoms with Crippen molar-refractivity contribution in [1.29, 1.82) is 0 Å². The number of rotatable bonds is 3. The lowest BCUT2D eigenvalue weighted by Crippen LogP contribution is -2.50. The van der Waals surface area contributed by atoms with Gasteiger partial charge in [0.05, 0.1) is 11.9 Å². The van der Waals surface area contributed by atoms with Gasteiger partial charge in [0.25, 0.3) is 5.91 Å². The highest BCUT2D eigenvalue weighted by atomic mass is 16.1. The lowest BCUT2D eigenvalue weighted by atomic mass is 9.76. The van der Waals surface area contributed by atoms with Crippen LogP contribution in [0.15, 0.2) is 18.3 Å². The molecule has 3 heterocycles. The number of piperidine rings is 2. The molecule has 0 aliphatic carbocycles. The Morgan fingerprint density at radius 1 is 1.15 bits per heavy atom. The molecule has 0 bridgehead atoms. The smallest absolute Gasteiger partial charge is 0.269 e. The summed E-state index contributed by atoms with van der Waals surface area (Å²) in [5.41, 5.74) is 2.02. The molecule has 1 aromatic heterocycles. The number of hydrogen-bond donors (Lipinski definition) is 1. The fourth-order valence-corrected chi connectivity index (χ4v) is 4.37. The Bertz CT molecular complexity index is 599. The molecule has 2 aliphatic rings. The fourth-order valence-electron chi connectivity index (χ4n) is 4.37. The van der Waals surface area contributed by atoms with Crippen molar-refractivity contribution >= 4 is 11.6 Å². The number of carbonyl (C=O) groups excluding carboxylic acids is 1. The maximum absolute atomic E-state index is 11.6. The summed E-state index contributed by atoms with van der Waals surface area (Å²) >= 11 is 0. The van der Waals surface area contributed by atoms with Crippen molar-refractivity contribution < 1.29 is 4.79 Å². The quantitative estimate of drug-likeness (QED) is 0.902. The van der Waals surface area contributed by atoms with Crippen molar-refractivity contribution in [3.05, 3.63) is 24.0 Å². The van der Waals surface area contributed by atoms with Gasteiger partial charge in [-0.2, -0.15) is 0 Å². The molecule has 0 saturated carbocycles. The van der Waals surface area contributed by atoms with Crippen LogP contribution in [0.3, 0.4) is 0 Å². The van der Waals surface area contributed by atoms with E-state index in [1.807, 2.05) is 18.3 Å². The molecular weight excluding hydrogens is 324 g/mol. The highest BCUT2D eigenvalue weighted by molar-refractivity contribution is 5.92. The van der Waals surface area contributed by atoms with Crippen LogP contribution in [0.1, 0.15) is 56.9 Å². The van der Waals surface area contributed by atoms with Crippen molar-refractivity contribution in [2.24, 2.45) is 11.3 Å². The van der Waals surface area contributed by atoms with E-state index in [0.29, 0.717) is 11.1 Å². The van der Waals surface area contributed by atoms with Gasteiger partial charge in [0.15, 0.2) is 0 Å². The standard InChI is InChI=1S/C21H34N4O/c1-21(2,3)16-6-5-11-25(15-16)17-9-12-24(13-10-17)18-7-8-19(23-14-18)20(26)22-4/h7-8,14,16-17H,5-6,9-13,15H2,1-4H3,(H,22,26). The van der Waals surface area contributed by atoms with Gasteiger partial charge in [-0.25, -0.2) is 4.98 Å². The number of nitrogens with zero attached hydrogens (tertiary/aromatic N) is 3. The number of aromatic nitrogens is 1. The number of pyridine rings is 1. The second kappa shape index (κ2) is 7.95. The maximum Gasteiger partial charge on any atom is 0.269 e. The van der Waals surface area contributed by atoms with Crippen LogP contribution in [-0.2, 0) is 0 Å². The van der Waals surface area contributed by atoms with Gasteiger partial charge in [-0.15, -0.1) is 0 Å². The molecule has 2 aliphatic heterocycles. The molecular formula is C21H34N4O. The second-order valence-corrected chi connectivity index (χ2v) is 8.90. The zero-order chi connectivity index (χ0) is 18.7. The molecule has 1 amide bonds. The van der Waals surface area contributed by atoms with Crippen molar-refractivity contribution in [3.8, 4) is 0 Å². The lowest BCUT2D eigenvalue weighted by Gasteiger charge is -2.45. The molecule has 2 fully saturated rings. The minimum Gasteiger partial charge on any atom is -0.370 e. The van der Waals surface area contributed by atoms with Crippen LogP contribution in [0, 0.1) is 11.3 Å². The zero-order valence-electron chi connectivity index (χ0n) is 16.8. The molecule has 5 heteroatoms. The van der Waals surface area contributed by atoms with E-state index in [2.05, 4.69) is 40.9 Å². The predicted octanol–water partition coefficient (Wildman–Crippen LogP) is 3.17. The third-order valence-electron chi connectivity index (χ3n) is 6.23. The van der Waals surface area contributed by atoms with E-state index in [4.69, 9.17) is 0 Å². The van der Waals surface area contributed by atoms with Crippen LogP contribution >= 0.6 is 0 Å². The van der Waals surface area contributed by atoms with Gasteiger partial charge < -0.3 is 10.2 Å². The summed E-state index contributed by atoms with van der Waals surface area (Å²) in [6, 6.07) is 4.56. The highest BCUT2D eigenvalue weighted by Crippen LogP contribution is 2.35. The van der Waals surface area contributed by atoms with Gasteiger partial charge in [-0.3, -0.25) is 9.69 Å². The van der Waals surface area contributed by atoms with Gasteiger partial charge in [0.1, 0.15) is 5.69 Å². The van der Waals surface area contributed by atoms with Crippen LogP contribution < -0.4 is 10.2 Å². The average molecular weight is 359 g/mol. The first-order valence-corrected chi connectivity index (χ1v) is 10.1. The monoisotopic (exact) mass is 358 g/mol. The Balaban J connectivity index is 1.55. The molecule has 144 valence electrons. The molecule has 3 rings (SSSR count). The molecule has 0 spiro atoms. The topological polar surface area (TPSA) is 48.5 Å². The predicted molar refractivity (Wildman–Crippen MR) is 107 cm³/mol. The third kappa shape index (κ3) is 4.37. The van der Waals surface area contributed by atoms with Crippen LogP contribution in [-0.4, -0.2) is 55.1 Å². The van der Waals surface area contributed by atoms with E-state index in [-0.39, 0.29) is 5.91 Å². The molecule has 1 atom stereocenters. The number of anilines is 1. The van der Waals surface area contributed by atoms with Gasteiger partial charge in [0, 0.05) is 32.7 Å². The van der Waals surface area contributed by atoms with E-state index >= 15 is 0 Å². The van der Waals surface area contributed by atoms with Gasteiger partial charge in [0.2, 0.25) is 0 Å². The van der Waals surface area contributed by atoms with Crippen molar-refractivity contribution in [2.75, 3.05) is 38.1 Å². The van der Waals surface area contributed by atoms with E-state index in [1.54, 1.807) is 7.05 Å². The molecule has 5 nitrogen and oxygen atoms in total. The third-order valence-corrected chi connectivity index (χ3v) is 6.23. The fraction of sp³-hybridized carbons (Fsp3) is 0.714. The molecule has 26 heavy (non-hydrogen) atoms. The summed E-state index contributed by atoms with van der Waals surface area (Å²) in [7, 11) is 1.63. The average Bonchev–Trinajstić information content (AvgIpc) is 2.67. The number of amides is 1.